The normalized spacial score (nSPS) is 15.4. The molecule has 0 aliphatic heterocycles. The van der Waals surface area contributed by atoms with Crippen LogP contribution in [-0.2, 0) is 0 Å². The topological polar surface area (TPSA) is 65.2 Å². The van der Waals surface area contributed by atoms with Crippen molar-refractivity contribution in [2.45, 2.75) is 66.0 Å². The van der Waals surface area contributed by atoms with E-state index in [4.69, 9.17) is 5.26 Å². The molecule has 0 saturated heterocycles. The second-order valence-electron chi connectivity index (χ2n) is 7.39. The Kier molecular flexibility index (Phi) is 7.83. The SMILES string of the molecule is CCCC(C)C(NC(=O)c1ccccc1C)C(C)C=NC(C)(C)C#N. The van der Waals surface area contributed by atoms with Crippen molar-refractivity contribution in [1.29, 1.82) is 5.26 Å². The van der Waals surface area contributed by atoms with E-state index in [0.717, 1.165) is 18.4 Å². The number of carbonyl (C=O) groups is 1. The lowest BCUT2D eigenvalue weighted by atomic mass is 9.87. The van der Waals surface area contributed by atoms with Crippen molar-refractivity contribution in [2.24, 2.45) is 16.8 Å². The number of aryl methyl sites for hydroxylation is 1. The van der Waals surface area contributed by atoms with Gasteiger partial charge in [0.25, 0.3) is 5.91 Å². The van der Waals surface area contributed by atoms with Crippen molar-refractivity contribution >= 4 is 12.1 Å². The Hall–Kier alpha value is -2.15. The predicted molar refractivity (Wildman–Crippen MR) is 104 cm³/mol. The highest BCUT2D eigenvalue weighted by Crippen LogP contribution is 2.19. The molecule has 0 saturated carbocycles. The van der Waals surface area contributed by atoms with Crippen molar-refractivity contribution in [3.8, 4) is 6.07 Å². The maximum absolute atomic E-state index is 12.7. The molecule has 0 aliphatic carbocycles. The summed E-state index contributed by atoms with van der Waals surface area (Å²) in [7, 11) is 0. The monoisotopic (exact) mass is 341 g/mol. The molecule has 1 aromatic rings. The highest BCUT2D eigenvalue weighted by Gasteiger charge is 2.25. The molecule has 1 rings (SSSR count). The lowest BCUT2D eigenvalue weighted by Gasteiger charge is -2.29. The first-order chi connectivity index (χ1) is 11.7. The van der Waals surface area contributed by atoms with Gasteiger partial charge in [-0.25, -0.2) is 0 Å². The largest absolute Gasteiger partial charge is 0.348 e. The number of nitriles is 1. The minimum atomic E-state index is -0.743. The Balaban J connectivity index is 2.99. The summed E-state index contributed by atoms with van der Waals surface area (Å²) in [6.07, 6.45) is 3.90. The molecular weight excluding hydrogens is 310 g/mol. The van der Waals surface area contributed by atoms with Crippen molar-refractivity contribution < 1.29 is 4.79 Å². The Morgan fingerprint density at radius 1 is 1.36 bits per heavy atom. The Bertz CT molecular complexity index is 643. The average molecular weight is 341 g/mol. The lowest BCUT2D eigenvalue weighted by molar-refractivity contribution is 0.0912. The minimum absolute atomic E-state index is 0.0229. The van der Waals surface area contributed by atoms with Gasteiger partial charge in [0, 0.05) is 23.7 Å². The third kappa shape index (κ3) is 6.34. The average Bonchev–Trinajstić information content (AvgIpc) is 2.58. The van der Waals surface area contributed by atoms with Crippen LogP contribution < -0.4 is 5.32 Å². The maximum atomic E-state index is 12.7. The van der Waals surface area contributed by atoms with E-state index in [2.05, 4.69) is 30.2 Å². The molecule has 0 aliphatic rings. The molecule has 0 aromatic heterocycles. The molecule has 0 fully saturated rings. The van der Waals surface area contributed by atoms with Gasteiger partial charge < -0.3 is 5.32 Å². The number of nitrogens with one attached hydrogen (secondary N) is 1. The van der Waals surface area contributed by atoms with E-state index in [1.54, 1.807) is 13.8 Å². The Morgan fingerprint density at radius 2 is 2.00 bits per heavy atom. The van der Waals surface area contributed by atoms with Crippen LogP contribution in [0.15, 0.2) is 29.3 Å². The molecule has 0 bridgehead atoms. The smallest absolute Gasteiger partial charge is 0.251 e. The number of aliphatic imine (C=N–C) groups is 1. The summed E-state index contributed by atoms with van der Waals surface area (Å²) in [5, 5.41) is 12.3. The van der Waals surface area contributed by atoms with E-state index in [0.29, 0.717) is 11.5 Å². The summed E-state index contributed by atoms with van der Waals surface area (Å²) >= 11 is 0. The second-order valence-corrected chi connectivity index (χ2v) is 7.39. The van der Waals surface area contributed by atoms with Crippen LogP contribution in [0, 0.1) is 30.1 Å². The predicted octanol–water partition coefficient (Wildman–Crippen LogP) is 4.54. The van der Waals surface area contributed by atoms with Crippen molar-refractivity contribution in [3.63, 3.8) is 0 Å². The van der Waals surface area contributed by atoms with E-state index in [9.17, 15) is 4.79 Å². The van der Waals surface area contributed by atoms with Gasteiger partial charge in [0.2, 0.25) is 0 Å². The van der Waals surface area contributed by atoms with Gasteiger partial charge in [-0.1, -0.05) is 45.4 Å². The fraction of sp³-hybridized carbons (Fsp3) is 0.571. The molecule has 136 valence electrons. The Morgan fingerprint density at radius 3 is 2.56 bits per heavy atom. The quantitative estimate of drug-likeness (QED) is 0.706. The van der Waals surface area contributed by atoms with Gasteiger partial charge in [0.15, 0.2) is 0 Å². The Labute approximate surface area is 152 Å². The van der Waals surface area contributed by atoms with E-state index in [1.807, 2.05) is 44.3 Å². The maximum Gasteiger partial charge on any atom is 0.251 e. The third-order valence-electron chi connectivity index (χ3n) is 4.52. The van der Waals surface area contributed by atoms with Crippen LogP contribution in [0.4, 0.5) is 0 Å². The van der Waals surface area contributed by atoms with Gasteiger partial charge in [0.1, 0.15) is 5.54 Å². The fourth-order valence-electron chi connectivity index (χ4n) is 2.91. The minimum Gasteiger partial charge on any atom is -0.348 e. The van der Waals surface area contributed by atoms with Gasteiger partial charge >= 0.3 is 0 Å². The first kappa shape index (κ1) is 20.9. The zero-order valence-electron chi connectivity index (χ0n) is 16.3. The number of rotatable bonds is 8. The molecule has 1 aromatic carbocycles. The van der Waals surface area contributed by atoms with Crippen molar-refractivity contribution in [3.05, 3.63) is 35.4 Å². The van der Waals surface area contributed by atoms with Crippen molar-refractivity contribution in [1.82, 2.24) is 5.32 Å². The molecule has 25 heavy (non-hydrogen) atoms. The summed E-state index contributed by atoms with van der Waals surface area (Å²) in [5.74, 6) is 0.317. The number of amides is 1. The van der Waals surface area contributed by atoms with Crippen LogP contribution in [0.3, 0.4) is 0 Å². The van der Waals surface area contributed by atoms with Crippen LogP contribution >= 0.6 is 0 Å². The van der Waals surface area contributed by atoms with Crippen LogP contribution in [-0.4, -0.2) is 23.7 Å². The summed E-state index contributed by atoms with van der Waals surface area (Å²) in [4.78, 5) is 17.1. The van der Waals surface area contributed by atoms with E-state index < -0.39 is 5.54 Å². The van der Waals surface area contributed by atoms with Crippen LogP contribution in [0.1, 0.15) is 63.4 Å². The van der Waals surface area contributed by atoms with Crippen LogP contribution in [0.2, 0.25) is 0 Å². The fourth-order valence-corrected chi connectivity index (χ4v) is 2.91. The molecule has 3 atom stereocenters. The zero-order chi connectivity index (χ0) is 19.0. The number of hydrogen-bond acceptors (Lipinski definition) is 3. The van der Waals surface area contributed by atoms with Gasteiger partial charge in [-0.15, -0.1) is 0 Å². The molecule has 0 spiro atoms. The van der Waals surface area contributed by atoms with E-state index >= 15 is 0 Å². The molecule has 1 amide bonds. The van der Waals surface area contributed by atoms with E-state index in [-0.39, 0.29) is 17.9 Å². The number of benzene rings is 1. The van der Waals surface area contributed by atoms with E-state index in [1.165, 1.54) is 0 Å². The van der Waals surface area contributed by atoms with Crippen LogP contribution in [0.25, 0.3) is 0 Å². The summed E-state index contributed by atoms with van der Waals surface area (Å²) < 4.78 is 0. The molecule has 4 heteroatoms. The molecule has 4 nitrogen and oxygen atoms in total. The zero-order valence-corrected chi connectivity index (χ0v) is 16.3. The number of nitrogens with zero attached hydrogens (tertiary/aromatic N) is 2. The highest BCUT2D eigenvalue weighted by molar-refractivity contribution is 5.96. The standard InChI is InChI=1S/C21H31N3O/c1-7-10-16(3)19(17(4)13-23-21(5,6)14-22)24-20(25)18-12-9-8-11-15(18)2/h8-9,11-13,16-17,19H,7,10H2,1-6H3,(H,24,25). The van der Waals surface area contributed by atoms with Gasteiger partial charge in [-0.3, -0.25) is 9.79 Å². The molecular formula is C21H31N3O. The first-order valence-corrected chi connectivity index (χ1v) is 9.05. The molecule has 0 radical (unpaired) electrons. The summed E-state index contributed by atoms with van der Waals surface area (Å²) in [6, 6.07) is 9.77. The van der Waals surface area contributed by atoms with Crippen LogP contribution in [0.5, 0.6) is 0 Å². The molecule has 3 unspecified atom stereocenters. The van der Waals surface area contributed by atoms with Gasteiger partial charge in [-0.05, 0) is 44.7 Å². The number of hydrogen-bond donors (Lipinski definition) is 1. The molecule has 1 N–H and O–H groups in total. The summed E-state index contributed by atoms with van der Waals surface area (Å²) in [5.41, 5.74) is 0.929. The lowest BCUT2D eigenvalue weighted by Crippen LogP contribution is -2.44. The number of carbonyl (C=O) groups excluding carboxylic acids is 1. The second kappa shape index (κ2) is 9.36. The van der Waals surface area contributed by atoms with Crippen molar-refractivity contribution in [2.75, 3.05) is 0 Å². The molecule has 0 heterocycles. The third-order valence-corrected chi connectivity index (χ3v) is 4.52. The van der Waals surface area contributed by atoms with Gasteiger partial charge in [0.05, 0.1) is 6.07 Å². The highest BCUT2D eigenvalue weighted by atomic mass is 16.1. The van der Waals surface area contributed by atoms with Gasteiger partial charge in [-0.2, -0.15) is 5.26 Å². The summed E-state index contributed by atoms with van der Waals surface area (Å²) in [6.45, 7) is 11.9. The first-order valence-electron chi connectivity index (χ1n) is 9.05.